The van der Waals surface area contributed by atoms with Gasteiger partial charge < -0.3 is 0 Å². The van der Waals surface area contributed by atoms with Gasteiger partial charge in [0.1, 0.15) is 0 Å². The SMILES string of the molecule is C1=C(p2c3ccccc3c3ccccc32)Cc2ccccc21. The molecule has 0 aliphatic heterocycles. The monoisotopic (exact) mass is 298 g/mol. The Morgan fingerprint density at radius 3 is 1.91 bits per heavy atom. The standard InChI is InChI=1S/C21H15P/c1-2-8-16-14-17(13-15(16)7-1)22-20-11-5-3-9-18(20)19-10-4-6-12-21(19)22/h1-13H,14H2. The molecule has 1 heterocycles. The Hall–Kier alpha value is -2.30. The van der Waals surface area contributed by atoms with E-state index in [9.17, 15) is 0 Å². The molecule has 3 aromatic carbocycles. The average Bonchev–Trinajstić information content (AvgIpc) is 3.13. The number of rotatable bonds is 1. The molecule has 0 atom stereocenters. The topological polar surface area (TPSA) is 0 Å². The summed E-state index contributed by atoms with van der Waals surface area (Å²) in [6.07, 6.45) is 3.53. The van der Waals surface area contributed by atoms with Gasteiger partial charge in [0.05, 0.1) is 0 Å². The van der Waals surface area contributed by atoms with Crippen LogP contribution in [0.5, 0.6) is 0 Å². The highest BCUT2D eigenvalue weighted by atomic mass is 31.1. The second-order valence-corrected chi connectivity index (χ2v) is 8.09. The Balaban J connectivity index is 1.85. The Morgan fingerprint density at radius 2 is 1.23 bits per heavy atom. The van der Waals surface area contributed by atoms with Crippen molar-refractivity contribution in [2.24, 2.45) is 0 Å². The van der Waals surface area contributed by atoms with E-state index in [1.165, 1.54) is 32.1 Å². The molecule has 4 aromatic rings. The maximum Gasteiger partial charge on any atom is 0.00654 e. The van der Waals surface area contributed by atoms with Crippen molar-refractivity contribution in [3.05, 3.63) is 83.9 Å². The quantitative estimate of drug-likeness (QED) is 0.374. The summed E-state index contributed by atoms with van der Waals surface area (Å²) in [5, 5.41) is 7.51. The Kier molecular flexibility index (Phi) is 2.56. The summed E-state index contributed by atoms with van der Waals surface area (Å²) < 4.78 is 0. The fourth-order valence-corrected chi connectivity index (χ4v) is 6.45. The van der Waals surface area contributed by atoms with Gasteiger partial charge in [-0.1, -0.05) is 80.3 Å². The highest BCUT2D eigenvalue weighted by Gasteiger charge is 2.19. The molecule has 104 valence electrons. The van der Waals surface area contributed by atoms with Crippen molar-refractivity contribution < 1.29 is 0 Å². The van der Waals surface area contributed by atoms with Crippen LogP contribution in [0.2, 0.25) is 0 Å². The third kappa shape index (κ3) is 1.65. The van der Waals surface area contributed by atoms with E-state index in [-0.39, 0.29) is 7.53 Å². The minimum atomic E-state index is -0.363. The van der Waals surface area contributed by atoms with Crippen molar-refractivity contribution in [1.29, 1.82) is 0 Å². The van der Waals surface area contributed by atoms with E-state index in [1.54, 1.807) is 5.31 Å². The zero-order valence-corrected chi connectivity index (χ0v) is 13.1. The van der Waals surface area contributed by atoms with Crippen molar-refractivity contribution in [2.75, 3.05) is 0 Å². The van der Waals surface area contributed by atoms with Gasteiger partial charge in [-0.2, -0.15) is 0 Å². The van der Waals surface area contributed by atoms with Gasteiger partial charge in [0.15, 0.2) is 0 Å². The highest BCUT2D eigenvalue weighted by molar-refractivity contribution is 7.71. The summed E-state index contributed by atoms with van der Waals surface area (Å²) in [6.45, 7) is 0. The molecule has 0 spiro atoms. The first-order valence-electron chi connectivity index (χ1n) is 7.69. The van der Waals surface area contributed by atoms with Crippen LogP contribution in [0.3, 0.4) is 0 Å². The molecule has 0 bridgehead atoms. The van der Waals surface area contributed by atoms with Crippen LogP contribution in [0.1, 0.15) is 11.1 Å². The maximum atomic E-state index is 2.43. The smallest absolute Gasteiger partial charge is 0.00654 e. The van der Waals surface area contributed by atoms with Crippen molar-refractivity contribution in [3.63, 3.8) is 0 Å². The fourth-order valence-electron chi connectivity index (χ4n) is 3.64. The molecule has 1 aromatic heterocycles. The van der Waals surface area contributed by atoms with Gasteiger partial charge >= 0.3 is 0 Å². The van der Waals surface area contributed by atoms with Gasteiger partial charge in [-0.15, -0.1) is 0 Å². The lowest BCUT2D eigenvalue weighted by molar-refractivity contribution is 1.35. The Bertz CT molecular complexity index is 997. The van der Waals surface area contributed by atoms with Crippen LogP contribution in [-0.2, 0) is 6.42 Å². The molecule has 22 heavy (non-hydrogen) atoms. The summed E-state index contributed by atoms with van der Waals surface area (Å²) in [7, 11) is -0.363. The summed E-state index contributed by atoms with van der Waals surface area (Å²) in [4.78, 5) is 0. The molecule has 5 rings (SSSR count). The van der Waals surface area contributed by atoms with Crippen LogP contribution in [0.25, 0.3) is 32.4 Å². The van der Waals surface area contributed by atoms with Gasteiger partial charge in [-0.3, -0.25) is 0 Å². The predicted molar refractivity (Wildman–Crippen MR) is 98.5 cm³/mol. The van der Waals surface area contributed by atoms with Crippen LogP contribution in [0, 0.1) is 0 Å². The fraction of sp³-hybridized carbons (Fsp3) is 0.0476. The van der Waals surface area contributed by atoms with Gasteiger partial charge in [-0.25, -0.2) is 0 Å². The van der Waals surface area contributed by atoms with E-state index in [4.69, 9.17) is 0 Å². The minimum Gasteiger partial charge on any atom is -0.0810 e. The zero-order valence-electron chi connectivity index (χ0n) is 12.2. The van der Waals surface area contributed by atoms with Crippen LogP contribution in [-0.4, -0.2) is 0 Å². The van der Waals surface area contributed by atoms with Crippen molar-refractivity contribution in [2.45, 2.75) is 6.42 Å². The number of fused-ring (bicyclic) bond motifs is 4. The number of allylic oxidation sites excluding steroid dienone is 1. The molecule has 0 saturated heterocycles. The lowest BCUT2D eigenvalue weighted by Crippen LogP contribution is -1.79. The van der Waals surface area contributed by atoms with Crippen molar-refractivity contribution in [3.8, 4) is 0 Å². The third-order valence-corrected chi connectivity index (χ3v) is 7.22. The second kappa shape index (κ2) is 4.60. The van der Waals surface area contributed by atoms with Crippen molar-refractivity contribution in [1.82, 2.24) is 0 Å². The van der Waals surface area contributed by atoms with Crippen molar-refractivity contribution >= 4 is 39.9 Å². The molecule has 1 aliphatic rings. The first-order valence-corrected chi connectivity index (χ1v) is 9.03. The van der Waals surface area contributed by atoms with E-state index >= 15 is 0 Å². The van der Waals surface area contributed by atoms with Gasteiger partial charge in [0.25, 0.3) is 0 Å². The lowest BCUT2D eigenvalue weighted by Gasteiger charge is -2.04. The van der Waals surface area contributed by atoms with E-state index in [0.29, 0.717) is 0 Å². The van der Waals surface area contributed by atoms with E-state index < -0.39 is 0 Å². The minimum absolute atomic E-state index is 0.363. The first-order chi connectivity index (χ1) is 10.9. The predicted octanol–water partition coefficient (Wildman–Crippen LogP) is 6.53. The summed E-state index contributed by atoms with van der Waals surface area (Å²) in [5.74, 6) is 0. The van der Waals surface area contributed by atoms with Crippen LogP contribution < -0.4 is 0 Å². The first kappa shape index (κ1) is 12.3. The normalized spacial score (nSPS) is 13.5. The molecular weight excluding hydrogens is 283 g/mol. The largest absolute Gasteiger partial charge is 0.0810 e. The molecule has 0 saturated carbocycles. The molecule has 0 unspecified atom stereocenters. The molecule has 1 aliphatic carbocycles. The molecule has 0 radical (unpaired) electrons. The second-order valence-electron chi connectivity index (χ2n) is 5.88. The third-order valence-electron chi connectivity index (χ3n) is 4.62. The number of hydrogen-bond acceptors (Lipinski definition) is 0. The number of benzene rings is 3. The zero-order chi connectivity index (χ0) is 14.5. The van der Waals surface area contributed by atoms with E-state index in [1.807, 2.05) is 0 Å². The molecule has 0 N–H and O–H groups in total. The molecule has 0 nitrogen and oxygen atoms in total. The summed E-state index contributed by atoms with van der Waals surface area (Å²) in [6, 6.07) is 26.7. The Labute approximate surface area is 130 Å². The summed E-state index contributed by atoms with van der Waals surface area (Å²) in [5.41, 5.74) is 2.88. The molecular formula is C21H15P. The number of hydrogen-bond donors (Lipinski definition) is 0. The lowest BCUT2D eigenvalue weighted by atomic mass is 10.1. The summed E-state index contributed by atoms with van der Waals surface area (Å²) >= 11 is 0. The van der Waals surface area contributed by atoms with E-state index in [0.717, 1.165) is 6.42 Å². The van der Waals surface area contributed by atoms with Crippen LogP contribution >= 0.6 is 7.53 Å². The van der Waals surface area contributed by atoms with Gasteiger partial charge in [0, 0.05) is 16.7 Å². The van der Waals surface area contributed by atoms with E-state index in [2.05, 4.69) is 78.9 Å². The maximum absolute atomic E-state index is 2.43. The van der Waals surface area contributed by atoms with Gasteiger partial charge in [0.2, 0.25) is 0 Å². The van der Waals surface area contributed by atoms with Crippen LogP contribution in [0.15, 0.2) is 72.8 Å². The average molecular weight is 298 g/mol. The molecule has 1 heteroatoms. The molecule has 0 fully saturated rings. The van der Waals surface area contributed by atoms with Gasteiger partial charge in [-0.05, 0) is 33.3 Å². The molecule has 0 amide bonds. The highest BCUT2D eigenvalue weighted by Crippen LogP contribution is 2.57. The van der Waals surface area contributed by atoms with Crippen LogP contribution in [0.4, 0.5) is 0 Å². The Morgan fingerprint density at radius 1 is 0.636 bits per heavy atom.